The van der Waals surface area contributed by atoms with Gasteiger partial charge in [0.15, 0.2) is 0 Å². The molecular weight excluding hydrogens is 342 g/mol. The summed E-state index contributed by atoms with van der Waals surface area (Å²) in [6, 6.07) is 0.505. The van der Waals surface area contributed by atoms with Crippen molar-refractivity contribution in [2.45, 2.75) is 161 Å². The fraction of sp³-hybridized carbons (Fsp3) is 1.00. The minimum Gasteiger partial charge on any atom is -0.313 e. The first-order valence-corrected chi connectivity index (χ1v) is 12.5. The molecule has 1 heterocycles. The predicted molar refractivity (Wildman–Crippen MR) is 126 cm³/mol. The Kier molecular flexibility index (Phi) is 11.6. The van der Waals surface area contributed by atoms with E-state index in [4.69, 9.17) is 5.73 Å². The van der Waals surface area contributed by atoms with Crippen LogP contribution in [0.3, 0.4) is 0 Å². The van der Waals surface area contributed by atoms with E-state index in [1.165, 1.54) is 64.2 Å². The molecular formula is C25H53N3. The molecule has 1 rings (SSSR count). The third kappa shape index (κ3) is 11.2. The summed E-state index contributed by atoms with van der Waals surface area (Å²) >= 11 is 0. The van der Waals surface area contributed by atoms with Crippen molar-refractivity contribution in [1.29, 1.82) is 0 Å². The largest absolute Gasteiger partial charge is 0.313 e. The van der Waals surface area contributed by atoms with Gasteiger partial charge in [-0.25, -0.2) is 0 Å². The van der Waals surface area contributed by atoms with Crippen molar-refractivity contribution in [3.05, 3.63) is 0 Å². The topological polar surface area (TPSA) is 50.1 Å². The molecule has 1 atom stereocenters. The van der Waals surface area contributed by atoms with Crippen molar-refractivity contribution in [1.82, 2.24) is 10.6 Å². The third-order valence-electron chi connectivity index (χ3n) is 6.35. The molecule has 4 N–H and O–H groups in total. The summed E-state index contributed by atoms with van der Waals surface area (Å²) in [6.07, 6.45) is 19.5. The van der Waals surface area contributed by atoms with E-state index in [2.05, 4.69) is 52.2 Å². The quantitative estimate of drug-likeness (QED) is 0.215. The molecule has 0 aromatic heterocycles. The normalized spacial score (nSPS) is 21.5. The summed E-state index contributed by atoms with van der Waals surface area (Å²) in [7, 11) is 0. The highest BCUT2D eigenvalue weighted by atomic mass is 15.2. The Labute approximate surface area is 177 Å². The first kappa shape index (κ1) is 25.9. The number of piperidine rings is 1. The Hall–Kier alpha value is -0.120. The van der Waals surface area contributed by atoms with Gasteiger partial charge < -0.3 is 11.1 Å². The van der Waals surface area contributed by atoms with Crippen LogP contribution in [0.5, 0.6) is 0 Å². The van der Waals surface area contributed by atoms with Crippen LogP contribution in [0.4, 0.5) is 0 Å². The fourth-order valence-corrected chi connectivity index (χ4v) is 5.47. The van der Waals surface area contributed by atoms with E-state index < -0.39 is 0 Å². The number of hydrogen-bond donors (Lipinski definition) is 3. The van der Waals surface area contributed by atoms with E-state index in [1.807, 2.05) is 0 Å². The SMILES string of the molecule is CCCCCCCCCCCCC(N)(CCC)NC1CC(C)(C)NC(C)(C)C1. The lowest BCUT2D eigenvalue weighted by atomic mass is 9.78. The first-order valence-electron chi connectivity index (χ1n) is 12.5. The molecule has 1 fully saturated rings. The summed E-state index contributed by atoms with van der Waals surface area (Å²) in [4.78, 5) is 0. The van der Waals surface area contributed by atoms with E-state index in [9.17, 15) is 0 Å². The van der Waals surface area contributed by atoms with Crippen LogP contribution in [0.25, 0.3) is 0 Å². The molecule has 0 bridgehead atoms. The monoisotopic (exact) mass is 395 g/mol. The molecule has 28 heavy (non-hydrogen) atoms. The second-order valence-corrected chi connectivity index (χ2v) is 11.0. The highest BCUT2D eigenvalue weighted by Crippen LogP contribution is 2.30. The average molecular weight is 396 g/mol. The van der Waals surface area contributed by atoms with Crippen molar-refractivity contribution in [2.75, 3.05) is 0 Å². The smallest absolute Gasteiger partial charge is 0.0663 e. The zero-order valence-electron chi connectivity index (χ0n) is 20.3. The Morgan fingerprint density at radius 1 is 0.750 bits per heavy atom. The van der Waals surface area contributed by atoms with Crippen LogP contribution >= 0.6 is 0 Å². The van der Waals surface area contributed by atoms with Crippen LogP contribution < -0.4 is 16.4 Å². The van der Waals surface area contributed by atoms with Crippen molar-refractivity contribution >= 4 is 0 Å². The second-order valence-electron chi connectivity index (χ2n) is 11.0. The predicted octanol–water partition coefficient (Wildman–Crippen LogP) is 6.65. The maximum Gasteiger partial charge on any atom is 0.0663 e. The number of nitrogens with two attached hydrogens (primary N) is 1. The number of nitrogens with one attached hydrogen (secondary N) is 2. The lowest BCUT2D eigenvalue weighted by Gasteiger charge is -2.49. The molecule has 3 nitrogen and oxygen atoms in total. The number of hydrogen-bond acceptors (Lipinski definition) is 3. The van der Waals surface area contributed by atoms with Crippen molar-refractivity contribution in [3.8, 4) is 0 Å². The molecule has 168 valence electrons. The van der Waals surface area contributed by atoms with Gasteiger partial charge in [0.05, 0.1) is 5.66 Å². The highest BCUT2D eigenvalue weighted by Gasteiger charge is 2.39. The van der Waals surface area contributed by atoms with Gasteiger partial charge >= 0.3 is 0 Å². The summed E-state index contributed by atoms with van der Waals surface area (Å²) in [5, 5.41) is 7.70. The van der Waals surface area contributed by atoms with Crippen LogP contribution in [0.1, 0.15) is 138 Å². The van der Waals surface area contributed by atoms with Crippen LogP contribution in [0.2, 0.25) is 0 Å². The molecule has 1 saturated heterocycles. The van der Waals surface area contributed by atoms with E-state index in [0.717, 1.165) is 32.1 Å². The van der Waals surface area contributed by atoms with Crippen molar-refractivity contribution in [2.24, 2.45) is 5.73 Å². The maximum absolute atomic E-state index is 6.89. The molecule has 1 unspecified atom stereocenters. The summed E-state index contributed by atoms with van der Waals surface area (Å²) in [5.74, 6) is 0. The molecule has 0 aliphatic carbocycles. The Bertz CT molecular complexity index is 389. The minimum atomic E-state index is -0.191. The van der Waals surface area contributed by atoms with E-state index in [1.54, 1.807) is 0 Å². The van der Waals surface area contributed by atoms with Gasteiger partial charge in [-0.3, -0.25) is 5.32 Å². The summed E-state index contributed by atoms with van der Waals surface area (Å²) in [5.41, 5.74) is 7.04. The Morgan fingerprint density at radius 2 is 1.21 bits per heavy atom. The van der Waals surface area contributed by atoms with Gasteiger partial charge in [0.1, 0.15) is 0 Å². The number of unbranched alkanes of at least 4 members (excludes halogenated alkanes) is 9. The van der Waals surface area contributed by atoms with Crippen molar-refractivity contribution < 1.29 is 0 Å². The summed E-state index contributed by atoms with van der Waals surface area (Å²) < 4.78 is 0. The highest BCUT2D eigenvalue weighted by molar-refractivity contribution is 5.01. The zero-order valence-corrected chi connectivity index (χ0v) is 20.3. The van der Waals surface area contributed by atoms with Gasteiger partial charge in [-0.15, -0.1) is 0 Å². The average Bonchev–Trinajstić information content (AvgIpc) is 2.53. The van der Waals surface area contributed by atoms with Gasteiger partial charge in [0.2, 0.25) is 0 Å². The van der Waals surface area contributed by atoms with E-state index in [0.29, 0.717) is 6.04 Å². The lowest BCUT2D eigenvalue weighted by molar-refractivity contribution is 0.116. The van der Waals surface area contributed by atoms with Crippen LogP contribution in [0.15, 0.2) is 0 Å². The maximum atomic E-state index is 6.89. The van der Waals surface area contributed by atoms with Gasteiger partial charge in [-0.1, -0.05) is 84.5 Å². The molecule has 0 aromatic rings. The molecule has 3 heteroatoms. The number of rotatable bonds is 15. The molecule has 0 saturated carbocycles. The third-order valence-corrected chi connectivity index (χ3v) is 6.35. The molecule has 1 aliphatic rings. The molecule has 0 radical (unpaired) electrons. The molecule has 0 spiro atoms. The van der Waals surface area contributed by atoms with Gasteiger partial charge in [0, 0.05) is 17.1 Å². The van der Waals surface area contributed by atoms with Gasteiger partial charge in [0.25, 0.3) is 0 Å². The van der Waals surface area contributed by atoms with Crippen LogP contribution in [-0.4, -0.2) is 22.8 Å². The first-order chi connectivity index (χ1) is 13.1. The second kappa shape index (κ2) is 12.5. The van der Waals surface area contributed by atoms with Crippen LogP contribution in [-0.2, 0) is 0 Å². The lowest BCUT2D eigenvalue weighted by Crippen LogP contribution is -2.66. The minimum absolute atomic E-state index is 0.170. The molecule has 1 aliphatic heterocycles. The Balaban J connectivity index is 2.32. The van der Waals surface area contributed by atoms with E-state index >= 15 is 0 Å². The van der Waals surface area contributed by atoms with E-state index in [-0.39, 0.29) is 16.7 Å². The zero-order chi connectivity index (χ0) is 21.1. The van der Waals surface area contributed by atoms with Crippen molar-refractivity contribution in [3.63, 3.8) is 0 Å². The fourth-order valence-electron chi connectivity index (χ4n) is 5.47. The standard InChI is InChI=1S/C25H53N3/c1-7-9-10-11-12-13-14-15-16-17-19-25(26,18-8-2)27-22-20-23(3,4)28-24(5,6)21-22/h22,27-28H,7-21,26H2,1-6H3. The molecule has 0 amide bonds. The molecule has 0 aromatic carbocycles. The Morgan fingerprint density at radius 3 is 1.68 bits per heavy atom. The summed E-state index contributed by atoms with van der Waals surface area (Å²) in [6.45, 7) is 13.8. The van der Waals surface area contributed by atoms with Gasteiger partial charge in [-0.2, -0.15) is 0 Å². The van der Waals surface area contributed by atoms with Gasteiger partial charge in [-0.05, 0) is 53.4 Å². The van der Waals surface area contributed by atoms with Crippen LogP contribution in [0, 0.1) is 0 Å².